The van der Waals surface area contributed by atoms with E-state index in [4.69, 9.17) is 0 Å². The van der Waals surface area contributed by atoms with Crippen LogP contribution in [0.3, 0.4) is 0 Å². The molecule has 0 bridgehead atoms. The van der Waals surface area contributed by atoms with E-state index < -0.39 is 12.6 Å². The summed E-state index contributed by atoms with van der Waals surface area (Å²) in [6.45, 7) is 5.85. The summed E-state index contributed by atoms with van der Waals surface area (Å²) < 4.78 is 36.7. The molecule has 1 fully saturated rings. The van der Waals surface area contributed by atoms with E-state index in [1.807, 2.05) is 11.8 Å². The first-order valence-corrected chi connectivity index (χ1v) is 6.50. The highest BCUT2D eigenvalue weighted by Crippen LogP contribution is 2.22. The Kier molecular flexibility index (Phi) is 5.73. The molecule has 102 valence electrons. The van der Waals surface area contributed by atoms with E-state index in [1.54, 1.807) is 0 Å². The topological polar surface area (TPSA) is 15.3 Å². The van der Waals surface area contributed by atoms with E-state index >= 15 is 0 Å². The van der Waals surface area contributed by atoms with Gasteiger partial charge in [-0.1, -0.05) is 20.3 Å². The molecule has 0 aromatic rings. The molecule has 1 heterocycles. The molecule has 0 saturated carbocycles. The molecule has 0 amide bonds. The van der Waals surface area contributed by atoms with Crippen LogP contribution in [0, 0.1) is 0 Å². The fourth-order valence-electron chi connectivity index (χ4n) is 2.42. The molecule has 0 spiro atoms. The Hall–Kier alpha value is -0.290. The van der Waals surface area contributed by atoms with E-state index in [-0.39, 0.29) is 12.6 Å². The minimum atomic E-state index is -4.04. The molecule has 1 saturated heterocycles. The summed E-state index contributed by atoms with van der Waals surface area (Å²) >= 11 is 0. The maximum atomic E-state index is 12.2. The summed E-state index contributed by atoms with van der Waals surface area (Å²) in [5.74, 6) is 0. The van der Waals surface area contributed by atoms with Gasteiger partial charge < -0.3 is 5.32 Å². The van der Waals surface area contributed by atoms with Crippen LogP contribution in [-0.2, 0) is 0 Å². The van der Waals surface area contributed by atoms with Crippen LogP contribution < -0.4 is 5.32 Å². The molecule has 0 radical (unpaired) electrons. The predicted octanol–water partition coefficient (Wildman–Crippen LogP) is 2.79. The average Bonchev–Trinajstić information content (AvgIpc) is 2.26. The van der Waals surface area contributed by atoms with E-state index in [1.165, 1.54) is 0 Å². The van der Waals surface area contributed by atoms with E-state index in [2.05, 4.69) is 12.2 Å². The molecule has 1 aliphatic rings. The van der Waals surface area contributed by atoms with Crippen molar-refractivity contribution in [2.24, 2.45) is 0 Å². The Morgan fingerprint density at radius 3 is 2.53 bits per heavy atom. The first-order valence-electron chi connectivity index (χ1n) is 6.50. The first-order chi connectivity index (χ1) is 7.96. The van der Waals surface area contributed by atoms with Gasteiger partial charge in [0.25, 0.3) is 0 Å². The van der Waals surface area contributed by atoms with Crippen LogP contribution in [0.15, 0.2) is 0 Å². The maximum absolute atomic E-state index is 12.2. The third-order valence-corrected chi connectivity index (χ3v) is 3.40. The lowest BCUT2D eigenvalue weighted by Gasteiger charge is -2.40. The zero-order valence-electron chi connectivity index (χ0n) is 10.7. The van der Waals surface area contributed by atoms with Crippen molar-refractivity contribution < 1.29 is 13.2 Å². The molecule has 1 N–H and O–H groups in total. The normalized spacial score (nSPS) is 27.4. The quantitative estimate of drug-likeness (QED) is 0.809. The summed E-state index contributed by atoms with van der Waals surface area (Å²) in [7, 11) is 0. The highest BCUT2D eigenvalue weighted by atomic mass is 19.4. The summed E-state index contributed by atoms with van der Waals surface area (Å²) in [5, 5.41) is 3.43. The summed E-state index contributed by atoms with van der Waals surface area (Å²) in [5.41, 5.74) is 0. The van der Waals surface area contributed by atoms with Gasteiger partial charge in [-0.3, -0.25) is 4.90 Å². The van der Waals surface area contributed by atoms with Gasteiger partial charge >= 0.3 is 6.18 Å². The number of piperazine rings is 1. The van der Waals surface area contributed by atoms with Crippen molar-refractivity contribution in [2.75, 3.05) is 19.6 Å². The lowest BCUT2D eigenvalue weighted by Crippen LogP contribution is -2.56. The van der Waals surface area contributed by atoms with Crippen LogP contribution in [0.2, 0.25) is 0 Å². The van der Waals surface area contributed by atoms with Gasteiger partial charge in [0.2, 0.25) is 0 Å². The van der Waals surface area contributed by atoms with Gasteiger partial charge in [-0.25, -0.2) is 0 Å². The molecule has 1 rings (SSSR count). The van der Waals surface area contributed by atoms with Crippen molar-refractivity contribution in [3.05, 3.63) is 0 Å². The fourth-order valence-corrected chi connectivity index (χ4v) is 2.42. The SMILES string of the molecule is CCCC1CN(CCC(F)(F)F)C(CC)CN1. The first kappa shape index (κ1) is 14.8. The third-order valence-electron chi connectivity index (χ3n) is 3.40. The number of nitrogens with one attached hydrogen (secondary N) is 1. The zero-order valence-corrected chi connectivity index (χ0v) is 10.7. The second-order valence-electron chi connectivity index (χ2n) is 4.82. The van der Waals surface area contributed by atoms with E-state index in [9.17, 15) is 13.2 Å². The molecule has 17 heavy (non-hydrogen) atoms. The largest absolute Gasteiger partial charge is 0.390 e. The second-order valence-corrected chi connectivity index (χ2v) is 4.82. The maximum Gasteiger partial charge on any atom is 0.390 e. The minimum Gasteiger partial charge on any atom is -0.311 e. The van der Waals surface area contributed by atoms with Crippen molar-refractivity contribution in [3.8, 4) is 0 Å². The van der Waals surface area contributed by atoms with Crippen molar-refractivity contribution in [3.63, 3.8) is 0 Å². The Balaban J connectivity index is 2.45. The van der Waals surface area contributed by atoms with Gasteiger partial charge in [0, 0.05) is 31.7 Å². The smallest absolute Gasteiger partial charge is 0.311 e. The lowest BCUT2D eigenvalue weighted by molar-refractivity contribution is -0.140. The molecule has 0 aromatic carbocycles. The number of halogens is 3. The lowest BCUT2D eigenvalue weighted by atomic mass is 10.0. The number of nitrogens with zero attached hydrogens (tertiary/aromatic N) is 1. The number of rotatable bonds is 5. The monoisotopic (exact) mass is 252 g/mol. The second kappa shape index (κ2) is 6.59. The van der Waals surface area contributed by atoms with Crippen LogP contribution in [0.4, 0.5) is 13.2 Å². The van der Waals surface area contributed by atoms with Crippen molar-refractivity contribution in [1.29, 1.82) is 0 Å². The highest BCUT2D eigenvalue weighted by Gasteiger charge is 2.32. The standard InChI is InChI=1S/C12H23F3N2/c1-3-5-10-9-17(7-6-12(13,14)15)11(4-2)8-16-10/h10-11,16H,3-9H2,1-2H3. The Morgan fingerprint density at radius 2 is 2.00 bits per heavy atom. The Morgan fingerprint density at radius 1 is 1.29 bits per heavy atom. The molecular formula is C12H23F3N2. The molecule has 1 aliphatic heterocycles. The molecule has 5 heteroatoms. The number of alkyl halides is 3. The van der Waals surface area contributed by atoms with E-state index in [0.29, 0.717) is 6.04 Å². The molecular weight excluding hydrogens is 229 g/mol. The van der Waals surface area contributed by atoms with Gasteiger partial charge in [-0.2, -0.15) is 13.2 Å². The summed E-state index contributed by atoms with van der Waals surface area (Å²) in [6.07, 6.45) is -1.71. The molecule has 2 atom stereocenters. The summed E-state index contributed by atoms with van der Waals surface area (Å²) in [4.78, 5) is 2.00. The van der Waals surface area contributed by atoms with Crippen LogP contribution in [0.1, 0.15) is 39.5 Å². The van der Waals surface area contributed by atoms with Crippen LogP contribution in [-0.4, -0.2) is 42.8 Å². The minimum absolute atomic E-state index is 0.143. The predicted molar refractivity (Wildman–Crippen MR) is 63.0 cm³/mol. The molecule has 2 nitrogen and oxygen atoms in total. The average molecular weight is 252 g/mol. The van der Waals surface area contributed by atoms with E-state index in [0.717, 1.165) is 32.4 Å². The van der Waals surface area contributed by atoms with Crippen LogP contribution in [0.25, 0.3) is 0 Å². The van der Waals surface area contributed by atoms with Gasteiger partial charge in [0.1, 0.15) is 0 Å². The molecule has 0 aromatic heterocycles. The molecule has 2 unspecified atom stereocenters. The van der Waals surface area contributed by atoms with Crippen LogP contribution in [0.5, 0.6) is 0 Å². The van der Waals surface area contributed by atoms with Crippen LogP contribution >= 0.6 is 0 Å². The van der Waals surface area contributed by atoms with Gasteiger partial charge in [0.05, 0.1) is 6.42 Å². The fraction of sp³-hybridized carbons (Fsp3) is 1.00. The van der Waals surface area contributed by atoms with Gasteiger partial charge in [0.15, 0.2) is 0 Å². The van der Waals surface area contributed by atoms with Gasteiger partial charge in [-0.05, 0) is 12.8 Å². The summed E-state index contributed by atoms with van der Waals surface area (Å²) in [6, 6.07) is 0.612. The Bertz CT molecular complexity index is 218. The number of hydrogen-bond donors (Lipinski definition) is 1. The Labute approximate surface area is 102 Å². The van der Waals surface area contributed by atoms with Crippen molar-refractivity contribution in [1.82, 2.24) is 10.2 Å². The number of hydrogen-bond acceptors (Lipinski definition) is 2. The zero-order chi connectivity index (χ0) is 12.9. The molecule has 0 aliphatic carbocycles. The van der Waals surface area contributed by atoms with Crippen molar-refractivity contribution >= 4 is 0 Å². The van der Waals surface area contributed by atoms with Crippen molar-refractivity contribution in [2.45, 2.75) is 57.8 Å². The highest BCUT2D eigenvalue weighted by molar-refractivity contribution is 4.85. The third kappa shape index (κ3) is 5.25. The van der Waals surface area contributed by atoms with Gasteiger partial charge in [-0.15, -0.1) is 0 Å².